The average molecular weight is 212 g/mol. The van der Waals surface area contributed by atoms with Crippen LogP contribution in [0.2, 0.25) is 0 Å². The summed E-state index contributed by atoms with van der Waals surface area (Å²) in [4.78, 5) is 2.53. The van der Waals surface area contributed by atoms with E-state index in [9.17, 15) is 0 Å². The molecule has 1 spiro atoms. The van der Waals surface area contributed by atoms with Crippen LogP contribution in [0.5, 0.6) is 0 Å². The Balaban J connectivity index is 1.97. The SMILES string of the molecule is CCN1CCC2(CC1)CC(OC)C[C@H]2N. The van der Waals surface area contributed by atoms with E-state index >= 15 is 0 Å². The van der Waals surface area contributed by atoms with Crippen LogP contribution in [0.3, 0.4) is 0 Å². The Morgan fingerprint density at radius 3 is 2.53 bits per heavy atom. The zero-order chi connectivity index (χ0) is 10.9. The molecule has 2 fully saturated rings. The van der Waals surface area contributed by atoms with Gasteiger partial charge in [-0.3, -0.25) is 0 Å². The molecular formula is C12H24N2O. The van der Waals surface area contributed by atoms with Crippen LogP contribution in [-0.4, -0.2) is 43.8 Å². The molecule has 0 radical (unpaired) electrons. The summed E-state index contributed by atoms with van der Waals surface area (Å²) in [7, 11) is 1.82. The largest absolute Gasteiger partial charge is 0.381 e. The maximum atomic E-state index is 6.30. The molecule has 2 aliphatic rings. The fourth-order valence-corrected chi connectivity index (χ4v) is 3.29. The number of hydrogen-bond donors (Lipinski definition) is 1. The first-order valence-electron chi connectivity index (χ1n) is 6.21. The first kappa shape index (κ1) is 11.4. The summed E-state index contributed by atoms with van der Waals surface area (Å²) in [5.41, 5.74) is 6.69. The van der Waals surface area contributed by atoms with Gasteiger partial charge in [-0.25, -0.2) is 0 Å². The van der Waals surface area contributed by atoms with Crippen LogP contribution >= 0.6 is 0 Å². The van der Waals surface area contributed by atoms with Crippen LogP contribution in [0, 0.1) is 5.41 Å². The molecule has 15 heavy (non-hydrogen) atoms. The molecule has 1 unspecified atom stereocenters. The summed E-state index contributed by atoms with van der Waals surface area (Å²) in [5, 5.41) is 0. The highest BCUT2D eigenvalue weighted by Gasteiger charge is 2.46. The van der Waals surface area contributed by atoms with Crippen molar-refractivity contribution in [1.29, 1.82) is 0 Å². The lowest BCUT2D eigenvalue weighted by molar-refractivity contribution is 0.0649. The fourth-order valence-electron chi connectivity index (χ4n) is 3.29. The van der Waals surface area contributed by atoms with Gasteiger partial charge in [0, 0.05) is 13.2 Å². The van der Waals surface area contributed by atoms with Crippen LogP contribution in [0.15, 0.2) is 0 Å². The van der Waals surface area contributed by atoms with Crippen molar-refractivity contribution in [2.24, 2.45) is 11.1 Å². The number of ether oxygens (including phenoxy) is 1. The molecule has 1 aliphatic carbocycles. The monoisotopic (exact) mass is 212 g/mol. The summed E-state index contributed by atoms with van der Waals surface area (Å²) >= 11 is 0. The van der Waals surface area contributed by atoms with Gasteiger partial charge in [-0.1, -0.05) is 6.92 Å². The van der Waals surface area contributed by atoms with Crippen molar-refractivity contribution in [3.63, 3.8) is 0 Å². The van der Waals surface area contributed by atoms with Gasteiger partial charge in [0.05, 0.1) is 6.10 Å². The zero-order valence-electron chi connectivity index (χ0n) is 10.0. The number of methoxy groups -OCH3 is 1. The normalized spacial score (nSPS) is 36.2. The van der Waals surface area contributed by atoms with Crippen LogP contribution in [-0.2, 0) is 4.74 Å². The van der Waals surface area contributed by atoms with Crippen LogP contribution in [0.4, 0.5) is 0 Å². The first-order chi connectivity index (χ1) is 7.20. The predicted octanol–water partition coefficient (Wildman–Crippen LogP) is 1.22. The maximum Gasteiger partial charge on any atom is 0.0592 e. The molecule has 0 bridgehead atoms. The second-order valence-electron chi connectivity index (χ2n) is 5.20. The Morgan fingerprint density at radius 2 is 2.07 bits per heavy atom. The minimum Gasteiger partial charge on any atom is -0.381 e. The molecule has 3 nitrogen and oxygen atoms in total. The van der Waals surface area contributed by atoms with E-state index in [-0.39, 0.29) is 0 Å². The van der Waals surface area contributed by atoms with Crippen LogP contribution in [0.1, 0.15) is 32.6 Å². The molecule has 2 atom stereocenters. The van der Waals surface area contributed by atoms with E-state index < -0.39 is 0 Å². The molecular weight excluding hydrogens is 188 g/mol. The molecule has 1 saturated heterocycles. The van der Waals surface area contributed by atoms with Crippen molar-refractivity contribution in [2.45, 2.75) is 44.8 Å². The molecule has 2 N–H and O–H groups in total. The third-order valence-electron chi connectivity index (χ3n) is 4.57. The van der Waals surface area contributed by atoms with Gasteiger partial charge < -0.3 is 15.4 Å². The van der Waals surface area contributed by atoms with Gasteiger partial charge >= 0.3 is 0 Å². The highest BCUT2D eigenvalue weighted by atomic mass is 16.5. The summed E-state index contributed by atoms with van der Waals surface area (Å²) in [6.07, 6.45) is 5.18. The Morgan fingerprint density at radius 1 is 1.40 bits per heavy atom. The van der Waals surface area contributed by atoms with E-state index in [1.807, 2.05) is 7.11 Å². The number of nitrogens with two attached hydrogens (primary N) is 1. The molecule has 0 aromatic carbocycles. The maximum absolute atomic E-state index is 6.30. The highest BCUT2D eigenvalue weighted by Crippen LogP contribution is 2.46. The second-order valence-corrected chi connectivity index (χ2v) is 5.20. The molecule has 0 amide bonds. The van der Waals surface area contributed by atoms with Gasteiger partial charge in [0.1, 0.15) is 0 Å². The van der Waals surface area contributed by atoms with E-state index in [4.69, 9.17) is 10.5 Å². The van der Waals surface area contributed by atoms with E-state index in [1.54, 1.807) is 0 Å². The summed E-state index contributed by atoms with van der Waals surface area (Å²) in [6, 6.07) is 0.362. The number of likely N-dealkylation sites (tertiary alicyclic amines) is 1. The van der Waals surface area contributed by atoms with Crippen LogP contribution < -0.4 is 5.73 Å². The fraction of sp³-hybridized carbons (Fsp3) is 1.00. The average Bonchev–Trinajstić information content (AvgIpc) is 2.57. The lowest BCUT2D eigenvalue weighted by atomic mass is 9.74. The molecule has 88 valence electrons. The number of nitrogens with zero attached hydrogens (tertiary/aromatic N) is 1. The molecule has 1 heterocycles. The molecule has 0 aromatic heterocycles. The number of piperidine rings is 1. The molecule has 1 saturated carbocycles. The molecule has 1 aliphatic heterocycles. The standard InChI is InChI=1S/C12H24N2O/c1-3-14-6-4-12(5-7-14)9-10(15-2)8-11(12)13/h10-11H,3-9,13H2,1-2H3/t10?,11-/m1/s1. The van der Waals surface area contributed by atoms with Crippen molar-refractivity contribution in [2.75, 3.05) is 26.7 Å². The van der Waals surface area contributed by atoms with Gasteiger partial charge in [0.2, 0.25) is 0 Å². The Kier molecular flexibility index (Phi) is 3.33. The predicted molar refractivity (Wildman–Crippen MR) is 61.8 cm³/mol. The summed E-state index contributed by atoms with van der Waals surface area (Å²) in [5.74, 6) is 0. The lowest BCUT2D eigenvalue weighted by Gasteiger charge is -2.41. The van der Waals surface area contributed by atoms with Gasteiger partial charge in [-0.2, -0.15) is 0 Å². The second kappa shape index (κ2) is 4.40. The van der Waals surface area contributed by atoms with E-state index in [0.29, 0.717) is 17.6 Å². The quantitative estimate of drug-likeness (QED) is 0.748. The Labute approximate surface area is 93.0 Å². The number of hydrogen-bond acceptors (Lipinski definition) is 3. The van der Waals surface area contributed by atoms with E-state index in [0.717, 1.165) is 6.42 Å². The Hall–Kier alpha value is -0.120. The third kappa shape index (κ3) is 2.05. The zero-order valence-corrected chi connectivity index (χ0v) is 10.0. The third-order valence-corrected chi connectivity index (χ3v) is 4.57. The molecule has 2 rings (SSSR count). The first-order valence-corrected chi connectivity index (χ1v) is 6.21. The minimum atomic E-state index is 0.362. The topological polar surface area (TPSA) is 38.5 Å². The van der Waals surface area contributed by atoms with Crippen molar-refractivity contribution in [1.82, 2.24) is 4.90 Å². The van der Waals surface area contributed by atoms with E-state index in [2.05, 4.69) is 11.8 Å². The van der Waals surface area contributed by atoms with Crippen molar-refractivity contribution < 1.29 is 4.74 Å². The van der Waals surface area contributed by atoms with Crippen molar-refractivity contribution >= 4 is 0 Å². The lowest BCUT2D eigenvalue weighted by Crippen LogP contribution is -2.46. The van der Waals surface area contributed by atoms with Crippen LogP contribution in [0.25, 0.3) is 0 Å². The van der Waals surface area contributed by atoms with Gasteiger partial charge in [-0.05, 0) is 50.7 Å². The smallest absolute Gasteiger partial charge is 0.0592 e. The molecule has 3 heteroatoms. The highest BCUT2D eigenvalue weighted by molar-refractivity contribution is 5.01. The number of rotatable bonds is 2. The van der Waals surface area contributed by atoms with Gasteiger partial charge in [0.15, 0.2) is 0 Å². The molecule has 0 aromatic rings. The van der Waals surface area contributed by atoms with Crippen molar-refractivity contribution in [3.8, 4) is 0 Å². The van der Waals surface area contributed by atoms with E-state index in [1.165, 1.54) is 38.9 Å². The van der Waals surface area contributed by atoms with Crippen molar-refractivity contribution in [3.05, 3.63) is 0 Å². The van der Waals surface area contributed by atoms with Gasteiger partial charge in [-0.15, -0.1) is 0 Å². The Bertz CT molecular complexity index is 212. The minimum absolute atomic E-state index is 0.362. The summed E-state index contributed by atoms with van der Waals surface area (Å²) < 4.78 is 5.47. The van der Waals surface area contributed by atoms with Gasteiger partial charge in [0.25, 0.3) is 0 Å². The summed E-state index contributed by atoms with van der Waals surface area (Å²) in [6.45, 7) is 5.87.